The number of allylic oxidation sites excluding steroid dienone is 3. The first-order valence-corrected chi connectivity index (χ1v) is 5.88. The van der Waals surface area contributed by atoms with Gasteiger partial charge in [0.05, 0.1) is 0 Å². The zero-order valence-electron chi connectivity index (χ0n) is 8.64. The molecule has 0 saturated carbocycles. The summed E-state index contributed by atoms with van der Waals surface area (Å²) in [6, 6.07) is 0. The van der Waals surface area contributed by atoms with Crippen LogP contribution in [0.3, 0.4) is 0 Å². The molecule has 1 aliphatic rings. The minimum absolute atomic E-state index is 1.17. The maximum atomic E-state index is 2.48. The van der Waals surface area contributed by atoms with Crippen molar-refractivity contribution in [3.05, 3.63) is 21.6 Å². The molecule has 0 atom stereocenters. The molecule has 13 heavy (non-hydrogen) atoms. The molecule has 0 aromatic rings. The predicted molar refractivity (Wildman–Crippen MR) is 53.2 cm³/mol. The van der Waals surface area contributed by atoms with Crippen LogP contribution in [0.4, 0.5) is 0 Å². The van der Waals surface area contributed by atoms with E-state index in [1.165, 1.54) is 32.5 Å². The van der Waals surface area contributed by atoms with Gasteiger partial charge in [0.15, 0.2) is 0 Å². The van der Waals surface area contributed by atoms with E-state index < -0.39 is 0 Å². The average molecular weight is 212 g/mol. The second-order valence-electron chi connectivity index (χ2n) is 3.39. The molecule has 71 valence electrons. The molecule has 2 heteroatoms. The van der Waals surface area contributed by atoms with E-state index in [0.29, 0.717) is 0 Å². The van der Waals surface area contributed by atoms with Crippen LogP contribution in [0.25, 0.3) is 0 Å². The Labute approximate surface area is 93.3 Å². The van der Waals surface area contributed by atoms with Crippen molar-refractivity contribution in [1.29, 1.82) is 0 Å². The van der Waals surface area contributed by atoms with Crippen LogP contribution in [-0.4, -0.2) is 24.5 Å². The minimum atomic E-state index is 1.17. The molecule has 0 bridgehead atoms. The molecule has 0 aromatic heterocycles. The molecule has 0 aliphatic heterocycles. The van der Waals surface area contributed by atoms with Crippen LogP contribution in [-0.2, 0) is 20.4 Å². The zero-order valence-corrected chi connectivity index (χ0v) is 10.2. The second kappa shape index (κ2) is 5.79. The number of nitrogens with zero attached hydrogens (tertiary/aromatic N) is 1. The Balaban J connectivity index is 2.33. The van der Waals surface area contributed by atoms with Crippen LogP contribution < -0.4 is 0 Å². The van der Waals surface area contributed by atoms with Gasteiger partial charge in [-0.25, -0.2) is 0 Å². The molecule has 0 aromatic carbocycles. The average Bonchev–Trinajstić information content (AvgIpc) is 2.54. The molecule has 0 saturated heterocycles. The van der Waals surface area contributed by atoms with E-state index >= 15 is 0 Å². The Morgan fingerprint density at radius 1 is 1.38 bits per heavy atom. The fourth-order valence-corrected chi connectivity index (χ4v) is 2.11. The van der Waals surface area contributed by atoms with Gasteiger partial charge in [0.2, 0.25) is 0 Å². The van der Waals surface area contributed by atoms with Gasteiger partial charge in [0.1, 0.15) is 0 Å². The molecule has 0 spiro atoms. The van der Waals surface area contributed by atoms with E-state index in [4.69, 9.17) is 0 Å². The van der Waals surface area contributed by atoms with Crippen molar-refractivity contribution in [3.63, 3.8) is 0 Å². The first kappa shape index (κ1) is 11.2. The molecular weight excluding hydrogens is 194 g/mol. The van der Waals surface area contributed by atoms with Crippen LogP contribution in [0.2, 0.25) is 0 Å². The van der Waals surface area contributed by atoms with Gasteiger partial charge in [0, 0.05) is 0 Å². The van der Waals surface area contributed by atoms with Gasteiger partial charge in [0.25, 0.3) is 0 Å². The van der Waals surface area contributed by atoms with Crippen molar-refractivity contribution in [2.75, 3.05) is 19.6 Å². The molecule has 1 nitrogen and oxygen atoms in total. The number of rotatable bonds is 5. The summed E-state index contributed by atoms with van der Waals surface area (Å²) >= 11 is 2.25. The Kier molecular flexibility index (Phi) is 5.01. The first-order chi connectivity index (χ1) is 6.27. The topological polar surface area (TPSA) is 3.24 Å². The quantitative estimate of drug-likeness (QED) is 0.633. The summed E-state index contributed by atoms with van der Waals surface area (Å²) in [6.07, 6.45) is 6.96. The SMILES string of the molecule is CCN(CC)CCC1=[C]([Ti])CC=C1. The molecular formula is C11H18NTi. The summed E-state index contributed by atoms with van der Waals surface area (Å²) in [5.41, 5.74) is 1.56. The predicted octanol–water partition coefficient (Wildman–Crippen LogP) is 2.48. The number of hydrogen-bond acceptors (Lipinski definition) is 1. The van der Waals surface area contributed by atoms with Crippen molar-refractivity contribution >= 4 is 0 Å². The van der Waals surface area contributed by atoms with Gasteiger partial charge < -0.3 is 0 Å². The van der Waals surface area contributed by atoms with Crippen molar-refractivity contribution in [2.45, 2.75) is 26.7 Å². The van der Waals surface area contributed by atoms with Gasteiger partial charge in [-0.2, -0.15) is 0 Å². The summed E-state index contributed by atoms with van der Waals surface area (Å²) in [6.45, 7) is 8.02. The monoisotopic (exact) mass is 212 g/mol. The molecule has 0 heterocycles. The molecule has 0 radical (unpaired) electrons. The summed E-state index contributed by atoms with van der Waals surface area (Å²) in [4.78, 5) is 2.48. The van der Waals surface area contributed by atoms with Crippen molar-refractivity contribution in [1.82, 2.24) is 4.90 Å². The zero-order chi connectivity index (χ0) is 9.68. The number of hydrogen-bond donors (Lipinski definition) is 0. The summed E-state index contributed by atoms with van der Waals surface area (Å²) in [5.74, 6) is 0. The van der Waals surface area contributed by atoms with Gasteiger partial charge in [-0.15, -0.1) is 0 Å². The van der Waals surface area contributed by atoms with E-state index in [-0.39, 0.29) is 0 Å². The molecule has 1 rings (SSSR count). The molecule has 0 N–H and O–H groups in total. The van der Waals surface area contributed by atoms with Crippen LogP contribution in [0.15, 0.2) is 21.6 Å². The van der Waals surface area contributed by atoms with Crippen molar-refractivity contribution in [3.8, 4) is 0 Å². The Hall–Kier alpha value is 0.154. The summed E-state index contributed by atoms with van der Waals surface area (Å²) in [7, 11) is 0. The van der Waals surface area contributed by atoms with Gasteiger partial charge in [-0.1, -0.05) is 0 Å². The third-order valence-corrected chi connectivity index (χ3v) is 3.44. The Bertz CT molecular complexity index is 214. The van der Waals surface area contributed by atoms with Crippen LogP contribution in [0.5, 0.6) is 0 Å². The summed E-state index contributed by atoms with van der Waals surface area (Å²) < 4.78 is 1.56. The van der Waals surface area contributed by atoms with E-state index in [0.717, 1.165) is 0 Å². The Morgan fingerprint density at radius 2 is 2.08 bits per heavy atom. The molecule has 0 fully saturated rings. The molecule has 0 amide bonds. The van der Waals surface area contributed by atoms with E-state index in [2.05, 4.69) is 51.3 Å². The normalized spacial score (nSPS) is 16.2. The van der Waals surface area contributed by atoms with Crippen LogP contribution in [0.1, 0.15) is 26.7 Å². The third-order valence-electron chi connectivity index (χ3n) is 2.62. The Morgan fingerprint density at radius 3 is 2.54 bits per heavy atom. The van der Waals surface area contributed by atoms with Gasteiger partial charge >= 0.3 is 93.3 Å². The van der Waals surface area contributed by atoms with E-state index in [9.17, 15) is 0 Å². The van der Waals surface area contributed by atoms with Crippen LogP contribution in [0, 0.1) is 0 Å². The van der Waals surface area contributed by atoms with E-state index in [1.807, 2.05) is 0 Å². The van der Waals surface area contributed by atoms with Crippen molar-refractivity contribution < 1.29 is 20.4 Å². The summed E-state index contributed by atoms with van der Waals surface area (Å²) in [5, 5.41) is 0. The molecule has 0 unspecified atom stereocenters. The van der Waals surface area contributed by atoms with Crippen molar-refractivity contribution in [2.24, 2.45) is 0 Å². The van der Waals surface area contributed by atoms with E-state index in [1.54, 1.807) is 9.45 Å². The standard InChI is InChI=1S/C11H18N.Ti/c1-3-12(4-2)10-9-11-7-5-6-8-11;/h5,7H,3-4,6,9-10H2,1-2H3;. The fraction of sp³-hybridized carbons (Fsp3) is 0.636. The third kappa shape index (κ3) is 3.42. The fourth-order valence-electron chi connectivity index (χ4n) is 1.60. The maximum absolute atomic E-state index is 2.48. The van der Waals surface area contributed by atoms with Gasteiger partial charge in [-0.05, 0) is 0 Å². The van der Waals surface area contributed by atoms with Gasteiger partial charge in [-0.3, -0.25) is 0 Å². The second-order valence-corrected chi connectivity index (χ2v) is 4.33. The molecule has 1 aliphatic carbocycles. The van der Waals surface area contributed by atoms with Crippen LogP contribution >= 0.6 is 0 Å². The first-order valence-electron chi connectivity index (χ1n) is 5.10.